The van der Waals surface area contributed by atoms with E-state index in [0.29, 0.717) is 6.42 Å². The van der Waals surface area contributed by atoms with Crippen molar-refractivity contribution in [2.45, 2.75) is 44.8 Å². The van der Waals surface area contributed by atoms with Gasteiger partial charge < -0.3 is 36.9 Å². The van der Waals surface area contributed by atoms with Gasteiger partial charge in [-0.3, -0.25) is 14.4 Å². The van der Waals surface area contributed by atoms with Gasteiger partial charge in [-0.1, -0.05) is 38.5 Å². The van der Waals surface area contributed by atoms with Crippen LogP contribution in [0.2, 0.25) is 0 Å². The Morgan fingerprint density at radius 3 is 2.33 bits per heavy atom. The maximum absolute atomic E-state index is 13.1. The molecule has 11 heteroatoms. The van der Waals surface area contributed by atoms with E-state index in [1.54, 1.807) is 13.1 Å². The number of benzene rings is 1. The number of carbonyl (C=O) groups is 4. The zero-order chi connectivity index (χ0) is 24.5. The molecule has 11 nitrogen and oxygen atoms in total. The molecule has 0 fully saturated rings. The standard InChI is InChI=1S/C22H31N5O6/c1-3-12(2)19(22(32)33)27-20(30)16(26-21(31)17(11-28)25-18(29)9-23)8-13-10-24-15-7-5-4-6-14(13)15/h4-7,10,12,16-17,19,24,28H,3,8-9,11,23H2,1-2H3,(H,25,29)(H,26,31)(H,27,30)(H,32,33). The third-order valence-electron chi connectivity index (χ3n) is 5.53. The lowest BCUT2D eigenvalue weighted by Crippen LogP contribution is -2.58. The number of hydrogen-bond donors (Lipinski definition) is 7. The van der Waals surface area contributed by atoms with Crippen molar-refractivity contribution in [3.63, 3.8) is 0 Å². The molecule has 2 aromatic rings. The predicted molar refractivity (Wildman–Crippen MR) is 121 cm³/mol. The van der Waals surface area contributed by atoms with Gasteiger partial charge in [-0.15, -0.1) is 0 Å². The maximum Gasteiger partial charge on any atom is 0.326 e. The summed E-state index contributed by atoms with van der Waals surface area (Å²) in [6.07, 6.45) is 2.28. The number of aliphatic hydroxyl groups is 1. The zero-order valence-electron chi connectivity index (χ0n) is 18.6. The first-order valence-corrected chi connectivity index (χ1v) is 10.7. The number of aromatic amines is 1. The van der Waals surface area contributed by atoms with Gasteiger partial charge in [0.25, 0.3) is 0 Å². The van der Waals surface area contributed by atoms with E-state index in [0.717, 1.165) is 16.5 Å². The van der Waals surface area contributed by atoms with Gasteiger partial charge in [0.05, 0.1) is 13.2 Å². The highest BCUT2D eigenvalue weighted by Gasteiger charge is 2.31. The van der Waals surface area contributed by atoms with E-state index in [4.69, 9.17) is 5.73 Å². The number of carboxylic acids is 1. The molecular weight excluding hydrogens is 430 g/mol. The number of H-pyrrole nitrogens is 1. The third-order valence-corrected chi connectivity index (χ3v) is 5.53. The van der Waals surface area contributed by atoms with Crippen molar-refractivity contribution in [1.82, 2.24) is 20.9 Å². The molecule has 1 heterocycles. The monoisotopic (exact) mass is 461 g/mol. The molecule has 0 aliphatic rings. The second-order valence-electron chi connectivity index (χ2n) is 7.84. The highest BCUT2D eigenvalue weighted by molar-refractivity contribution is 5.94. The summed E-state index contributed by atoms with van der Waals surface area (Å²) in [6, 6.07) is 3.78. The number of amides is 3. The van der Waals surface area contributed by atoms with Gasteiger partial charge in [-0.05, 0) is 17.5 Å². The van der Waals surface area contributed by atoms with E-state index in [9.17, 15) is 29.4 Å². The summed E-state index contributed by atoms with van der Waals surface area (Å²) in [5, 5.41) is 27.2. The Balaban J connectivity index is 2.30. The average Bonchev–Trinajstić information content (AvgIpc) is 3.22. The molecule has 3 amide bonds. The number of aliphatic hydroxyl groups excluding tert-OH is 1. The Morgan fingerprint density at radius 1 is 1.06 bits per heavy atom. The van der Waals surface area contributed by atoms with E-state index < -0.39 is 48.4 Å². The fourth-order valence-corrected chi connectivity index (χ4v) is 3.39. The molecule has 0 radical (unpaired) electrons. The van der Waals surface area contributed by atoms with Crippen LogP contribution >= 0.6 is 0 Å². The molecule has 4 atom stereocenters. The van der Waals surface area contributed by atoms with E-state index in [-0.39, 0.29) is 18.9 Å². The molecule has 180 valence electrons. The Labute approximate surface area is 191 Å². The van der Waals surface area contributed by atoms with Crippen molar-refractivity contribution in [1.29, 1.82) is 0 Å². The van der Waals surface area contributed by atoms with Crippen molar-refractivity contribution in [2.75, 3.05) is 13.2 Å². The molecule has 2 rings (SSSR count). The van der Waals surface area contributed by atoms with E-state index in [2.05, 4.69) is 20.9 Å². The highest BCUT2D eigenvalue weighted by atomic mass is 16.4. The van der Waals surface area contributed by atoms with Crippen LogP contribution in [0, 0.1) is 5.92 Å². The van der Waals surface area contributed by atoms with Crippen molar-refractivity contribution in [3.05, 3.63) is 36.0 Å². The fraction of sp³-hybridized carbons (Fsp3) is 0.455. The number of para-hydroxylation sites is 1. The molecule has 0 aliphatic heterocycles. The summed E-state index contributed by atoms with van der Waals surface area (Å²) in [7, 11) is 0. The average molecular weight is 462 g/mol. The summed E-state index contributed by atoms with van der Waals surface area (Å²) in [4.78, 5) is 52.1. The molecule has 33 heavy (non-hydrogen) atoms. The molecule has 4 unspecified atom stereocenters. The zero-order valence-corrected chi connectivity index (χ0v) is 18.6. The normalized spacial score (nSPS) is 14.7. The van der Waals surface area contributed by atoms with Gasteiger partial charge >= 0.3 is 5.97 Å². The van der Waals surface area contributed by atoms with E-state index in [1.165, 1.54) is 0 Å². The summed E-state index contributed by atoms with van der Waals surface area (Å²) < 4.78 is 0. The molecule has 0 saturated heterocycles. The van der Waals surface area contributed by atoms with E-state index in [1.807, 2.05) is 31.2 Å². The first-order valence-electron chi connectivity index (χ1n) is 10.7. The number of carboxylic acid groups (broad SMARTS) is 1. The Morgan fingerprint density at radius 2 is 1.73 bits per heavy atom. The van der Waals surface area contributed by atoms with Crippen molar-refractivity contribution < 1.29 is 29.4 Å². The van der Waals surface area contributed by atoms with Crippen LogP contribution in [0.1, 0.15) is 25.8 Å². The smallest absolute Gasteiger partial charge is 0.326 e. The topological polar surface area (TPSA) is 187 Å². The molecule has 1 aromatic carbocycles. The number of carbonyl (C=O) groups excluding carboxylic acids is 3. The van der Waals surface area contributed by atoms with Crippen molar-refractivity contribution in [3.8, 4) is 0 Å². The van der Waals surface area contributed by atoms with Gasteiger partial charge in [0.2, 0.25) is 17.7 Å². The van der Waals surface area contributed by atoms with Gasteiger partial charge in [0.1, 0.15) is 18.1 Å². The van der Waals surface area contributed by atoms with Crippen LogP contribution in [0.15, 0.2) is 30.5 Å². The van der Waals surface area contributed by atoms with Crippen LogP contribution in [-0.2, 0) is 25.6 Å². The van der Waals surface area contributed by atoms with Crippen LogP contribution in [0.5, 0.6) is 0 Å². The first-order chi connectivity index (χ1) is 15.7. The Bertz CT molecular complexity index is 991. The lowest BCUT2D eigenvalue weighted by Gasteiger charge is -2.25. The Kier molecular flexibility index (Phi) is 9.37. The lowest BCUT2D eigenvalue weighted by atomic mass is 9.98. The second-order valence-corrected chi connectivity index (χ2v) is 7.84. The Hall–Kier alpha value is -3.44. The highest BCUT2D eigenvalue weighted by Crippen LogP contribution is 2.19. The van der Waals surface area contributed by atoms with Gasteiger partial charge in [-0.2, -0.15) is 0 Å². The van der Waals surface area contributed by atoms with E-state index >= 15 is 0 Å². The molecule has 0 saturated carbocycles. The fourth-order valence-electron chi connectivity index (χ4n) is 3.39. The van der Waals surface area contributed by atoms with Crippen LogP contribution in [-0.4, -0.2) is 70.2 Å². The molecule has 1 aromatic heterocycles. The van der Waals surface area contributed by atoms with Gasteiger partial charge in [-0.25, -0.2) is 4.79 Å². The third kappa shape index (κ3) is 6.77. The number of rotatable bonds is 12. The SMILES string of the molecule is CCC(C)C(NC(=O)C(Cc1c[nH]c2ccccc12)NC(=O)C(CO)NC(=O)CN)C(=O)O. The summed E-state index contributed by atoms with van der Waals surface area (Å²) >= 11 is 0. The second kappa shape index (κ2) is 12.0. The molecular formula is C22H31N5O6. The van der Waals surface area contributed by atoms with Crippen molar-refractivity contribution in [2.24, 2.45) is 11.7 Å². The number of fused-ring (bicyclic) bond motifs is 1. The largest absolute Gasteiger partial charge is 0.480 e. The number of nitrogens with two attached hydrogens (primary N) is 1. The maximum atomic E-state index is 13.1. The summed E-state index contributed by atoms with van der Waals surface area (Å²) in [6.45, 7) is 2.43. The van der Waals surface area contributed by atoms with Crippen LogP contribution in [0.25, 0.3) is 10.9 Å². The first kappa shape index (κ1) is 25.8. The van der Waals surface area contributed by atoms with Crippen molar-refractivity contribution >= 4 is 34.6 Å². The predicted octanol–water partition coefficient (Wildman–Crippen LogP) is -0.753. The van der Waals surface area contributed by atoms with Crippen LogP contribution < -0.4 is 21.7 Å². The van der Waals surface area contributed by atoms with Crippen LogP contribution in [0.3, 0.4) is 0 Å². The van der Waals surface area contributed by atoms with Gasteiger partial charge in [0.15, 0.2) is 0 Å². The molecule has 0 spiro atoms. The summed E-state index contributed by atoms with van der Waals surface area (Å²) in [5.74, 6) is -3.66. The van der Waals surface area contributed by atoms with Crippen LogP contribution in [0.4, 0.5) is 0 Å². The number of nitrogens with one attached hydrogen (secondary N) is 4. The number of hydrogen-bond acceptors (Lipinski definition) is 6. The number of aromatic nitrogens is 1. The molecule has 0 aliphatic carbocycles. The minimum Gasteiger partial charge on any atom is -0.480 e. The summed E-state index contributed by atoms with van der Waals surface area (Å²) in [5.41, 5.74) is 6.81. The number of aliphatic carboxylic acids is 1. The molecule has 8 N–H and O–H groups in total. The quantitative estimate of drug-likeness (QED) is 0.216. The minimum atomic E-state index is -1.32. The lowest BCUT2D eigenvalue weighted by molar-refractivity contribution is -0.143. The molecule has 0 bridgehead atoms. The van der Waals surface area contributed by atoms with Gasteiger partial charge in [0, 0.05) is 23.5 Å². The minimum absolute atomic E-state index is 0.0530.